The molecule has 0 aliphatic heterocycles. The van der Waals surface area contributed by atoms with Crippen molar-refractivity contribution < 1.29 is 4.42 Å². The Morgan fingerprint density at radius 2 is 0.946 bits per heavy atom. The lowest BCUT2D eigenvalue weighted by atomic mass is 9.94. The summed E-state index contributed by atoms with van der Waals surface area (Å²) in [6.45, 7) is 4.26. The summed E-state index contributed by atoms with van der Waals surface area (Å²) < 4.78 is 6.41. The molecule has 1 aromatic heterocycles. The highest BCUT2D eigenvalue weighted by Crippen LogP contribution is 2.42. The van der Waals surface area contributed by atoms with E-state index in [0.29, 0.717) is 0 Å². The van der Waals surface area contributed by atoms with Crippen LogP contribution in [0.4, 0.5) is 17.1 Å². The Hall–Kier alpha value is -7.16. The van der Waals surface area contributed by atoms with E-state index in [0.717, 1.165) is 50.0 Å². The molecule has 56 heavy (non-hydrogen) atoms. The Labute approximate surface area is 327 Å². The first-order valence-electron chi connectivity index (χ1n) is 19.3. The number of benzene rings is 9. The van der Waals surface area contributed by atoms with Crippen molar-refractivity contribution in [1.29, 1.82) is 0 Å². The Morgan fingerprint density at radius 1 is 0.429 bits per heavy atom. The minimum absolute atomic E-state index is 0.911. The zero-order chi connectivity index (χ0) is 37.6. The Bertz CT molecular complexity index is 3070. The van der Waals surface area contributed by atoms with Crippen LogP contribution in [0.2, 0.25) is 0 Å². The van der Waals surface area contributed by atoms with E-state index in [9.17, 15) is 0 Å². The van der Waals surface area contributed by atoms with Gasteiger partial charge in [-0.05, 0) is 123 Å². The van der Waals surface area contributed by atoms with Gasteiger partial charge >= 0.3 is 0 Å². The van der Waals surface area contributed by atoms with Crippen molar-refractivity contribution in [3.8, 4) is 33.4 Å². The number of furan rings is 1. The van der Waals surface area contributed by atoms with E-state index in [4.69, 9.17) is 4.42 Å². The minimum Gasteiger partial charge on any atom is -0.455 e. The van der Waals surface area contributed by atoms with Gasteiger partial charge in [0, 0.05) is 33.2 Å². The molecule has 0 atom stereocenters. The van der Waals surface area contributed by atoms with E-state index >= 15 is 0 Å². The second-order valence-electron chi connectivity index (χ2n) is 14.5. The SMILES string of the molecule is C/C=C\c1c(C)cccc1-c1ccc(N(c2ccc(-c3cccc4ccccc34)cc2)c2ccc(-c3cc4c5ccccc5oc4c4ccccc34)cc2)cc1. The first-order chi connectivity index (χ1) is 27.6. The summed E-state index contributed by atoms with van der Waals surface area (Å²) in [5, 5.41) is 7.08. The van der Waals surface area contributed by atoms with Gasteiger partial charge in [0.25, 0.3) is 0 Å². The van der Waals surface area contributed by atoms with E-state index in [1.54, 1.807) is 0 Å². The van der Waals surface area contributed by atoms with Crippen molar-refractivity contribution in [1.82, 2.24) is 0 Å². The molecule has 0 saturated heterocycles. The number of nitrogens with zero attached hydrogens (tertiary/aromatic N) is 1. The summed E-state index contributed by atoms with van der Waals surface area (Å²) in [6.07, 6.45) is 4.33. The van der Waals surface area contributed by atoms with Crippen molar-refractivity contribution >= 4 is 66.6 Å². The van der Waals surface area contributed by atoms with Gasteiger partial charge in [0.15, 0.2) is 0 Å². The summed E-state index contributed by atoms with van der Waals surface area (Å²) in [5.41, 5.74) is 14.9. The fourth-order valence-corrected chi connectivity index (χ4v) is 8.40. The van der Waals surface area contributed by atoms with Gasteiger partial charge in [-0.2, -0.15) is 0 Å². The summed E-state index contributed by atoms with van der Waals surface area (Å²) in [6, 6.07) is 67.9. The van der Waals surface area contributed by atoms with Gasteiger partial charge in [-0.15, -0.1) is 0 Å². The topological polar surface area (TPSA) is 16.4 Å². The van der Waals surface area contributed by atoms with Gasteiger partial charge in [0.1, 0.15) is 11.2 Å². The minimum atomic E-state index is 0.911. The molecule has 2 heteroatoms. The molecular formula is C54H39NO. The predicted octanol–water partition coefficient (Wildman–Crippen LogP) is 15.7. The second-order valence-corrected chi connectivity index (χ2v) is 14.5. The normalized spacial score (nSPS) is 11.7. The molecule has 0 aliphatic carbocycles. The maximum absolute atomic E-state index is 6.41. The molecule has 0 fully saturated rings. The van der Waals surface area contributed by atoms with E-state index in [1.165, 1.54) is 55.1 Å². The predicted molar refractivity (Wildman–Crippen MR) is 239 cm³/mol. The number of fused-ring (bicyclic) bond motifs is 6. The number of allylic oxidation sites excluding steroid dienone is 1. The Balaban J connectivity index is 1.08. The third kappa shape index (κ3) is 5.75. The highest BCUT2D eigenvalue weighted by atomic mass is 16.3. The summed E-state index contributed by atoms with van der Waals surface area (Å²) in [4.78, 5) is 2.36. The molecule has 1 heterocycles. The summed E-state index contributed by atoms with van der Waals surface area (Å²) in [7, 11) is 0. The molecular weight excluding hydrogens is 679 g/mol. The average molecular weight is 718 g/mol. The van der Waals surface area contributed by atoms with Crippen LogP contribution in [0, 0.1) is 6.92 Å². The van der Waals surface area contributed by atoms with Crippen LogP contribution in [0.25, 0.3) is 82.9 Å². The summed E-state index contributed by atoms with van der Waals surface area (Å²) in [5.74, 6) is 0. The first kappa shape index (κ1) is 33.4. The number of para-hydroxylation sites is 1. The molecule has 0 aliphatic rings. The zero-order valence-corrected chi connectivity index (χ0v) is 31.4. The molecule has 0 N–H and O–H groups in total. The maximum atomic E-state index is 6.41. The van der Waals surface area contributed by atoms with Crippen molar-refractivity contribution in [2.24, 2.45) is 0 Å². The molecule has 0 spiro atoms. The molecule has 0 amide bonds. The molecule has 0 unspecified atom stereocenters. The van der Waals surface area contributed by atoms with Gasteiger partial charge in [-0.25, -0.2) is 0 Å². The van der Waals surface area contributed by atoms with Crippen LogP contribution in [0.3, 0.4) is 0 Å². The Morgan fingerprint density at radius 3 is 1.62 bits per heavy atom. The average Bonchev–Trinajstić information content (AvgIpc) is 3.64. The quantitative estimate of drug-likeness (QED) is 0.163. The van der Waals surface area contributed by atoms with Gasteiger partial charge in [0.2, 0.25) is 0 Å². The zero-order valence-electron chi connectivity index (χ0n) is 31.4. The lowest BCUT2D eigenvalue weighted by molar-refractivity contribution is 0.672. The van der Waals surface area contributed by atoms with Gasteiger partial charge in [-0.3, -0.25) is 0 Å². The smallest absolute Gasteiger partial charge is 0.143 e. The molecule has 0 radical (unpaired) electrons. The third-order valence-electron chi connectivity index (χ3n) is 11.1. The van der Waals surface area contributed by atoms with Crippen LogP contribution < -0.4 is 4.90 Å². The highest BCUT2D eigenvalue weighted by Gasteiger charge is 2.17. The molecule has 0 saturated carbocycles. The van der Waals surface area contributed by atoms with Crippen LogP contribution in [0.1, 0.15) is 18.1 Å². The van der Waals surface area contributed by atoms with Crippen molar-refractivity contribution in [2.75, 3.05) is 4.90 Å². The van der Waals surface area contributed by atoms with Crippen molar-refractivity contribution in [3.63, 3.8) is 0 Å². The molecule has 0 bridgehead atoms. The van der Waals surface area contributed by atoms with Crippen molar-refractivity contribution in [3.05, 3.63) is 205 Å². The number of hydrogen-bond acceptors (Lipinski definition) is 2. The van der Waals surface area contributed by atoms with E-state index < -0.39 is 0 Å². The second kappa shape index (κ2) is 13.9. The standard InChI is InChI=1S/C54H39NO/c1-3-12-44-36(2)13-10-20-45(44)38-23-29-41(30-24-38)55(42-31-25-39(26-32-42)47-21-11-15-37-14-4-5-16-46(37)47)43-33-27-40(28-34-43)51-35-52-49-18-8-9-22-53(49)56-54(52)50-19-7-6-17-48(50)51/h3-35H,1-2H3/b12-3-. The number of anilines is 3. The monoisotopic (exact) mass is 717 g/mol. The van der Waals surface area contributed by atoms with Crippen LogP contribution in [-0.4, -0.2) is 0 Å². The fraction of sp³-hybridized carbons (Fsp3) is 0.0370. The van der Waals surface area contributed by atoms with Gasteiger partial charge < -0.3 is 9.32 Å². The van der Waals surface area contributed by atoms with Crippen LogP contribution >= 0.6 is 0 Å². The number of rotatable bonds is 7. The van der Waals surface area contributed by atoms with E-state index in [1.807, 2.05) is 6.07 Å². The largest absolute Gasteiger partial charge is 0.455 e. The third-order valence-corrected chi connectivity index (χ3v) is 11.1. The fourth-order valence-electron chi connectivity index (χ4n) is 8.40. The van der Waals surface area contributed by atoms with Crippen LogP contribution in [0.15, 0.2) is 199 Å². The van der Waals surface area contributed by atoms with E-state index in [2.05, 4.69) is 213 Å². The first-order valence-corrected chi connectivity index (χ1v) is 19.3. The molecule has 9 aromatic carbocycles. The lowest BCUT2D eigenvalue weighted by Gasteiger charge is -2.26. The Kier molecular flexibility index (Phi) is 8.30. The summed E-state index contributed by atoms with van der Waals surface area (Å²) >= 11 is 0. The van der Waals surface area contributed by atoms with Gasteiger partial charge in [-0.1, -0.05) is 152 Å². The van der Waals surface area contributed by atoms with E-state index in [-0.39, 0.29) is 0 Å². The molecule has 10 rings (SSSR count). The lowest BCUT2D eigenvalue weighted by Crippen LogP contribution is -2.09. The molecule has 10 aromatic rings. The highest BCUT2D eigenvalue weighted by molar-refractivity contribution is 6.19. The van der Waals surface area contributed by atoms with Gasteiger partial charge in [0.05, 0.1) is 0 Å². The maximum Gasteiger partial charge on any atom is 0.143 e. The number of aryl methyl sites for hydroxylation is 1. The number of hydrogen-bond donors (Lipinski definition) is 0. The van der Waals surface area contributed by atoms with Crippen LogP contribution in [0.5, 0.6) is 0 Å². The molecule has 2 nitrogen and oxygen atoms in total. The van der Waals surface area contributed by atoms with Crippen LogP contribution in [-0.2, 0) is 0 Å². The van der Waals surface area contributed by atoms with Crippen molar-refractivity contribution in [2.45, 2.75) is 13.8 Å². The molecule has 266 valence electrons.